The summed E-state index contributed by atoms with van der Waals surface area (Å²) >= 11 is 0.856. The summed E-state index contributed by atoms with van der Waals surface area (Å²) in [6.07, 6.45) is 12.2. The summed E-state index contributed by atoms with van der Waals surface area (Å²) in [6, 6.07) is 10.3. The van der Waals surface area contributed by atoms with Gasteiger partial charge >= 0.3 is 0 Å². The van der Waals surface area contributed by atoms with Crippen molar-refractivity contribution in [2.75, 3.05) is 31.6 Å². The number of anilines is 1. The number of aliphatic hydroxyl groups excluding tert-OH is 1. The van der Waals surface area contributed by atoms with Gasteiger partial charge in [0.2, 0.25) is 11.6 Å². The number of hydrogen-bond donors (Lipinski definition) is 1. The number of carbonyl (C=O) groups is 1. The highest BCUT2D eigenvalue weighted by molar-refractivity contribution is 7.94. The second-order valence-corrected chi connectivity index (χ2v) is 15.1. The van der Waals surface area contributed by atoms with Crippen molar-refractivity contribution in [1.29, 1.82) is 0 Å². The second kappa shape index (κ2) is 13.7. The molecule has 1 amide bonds. The molecule has 11 nitrogen and oxygen atoms in total. The van der Waals surface area contributed by atoms with Gasteiger partial charge in [-0.05, 0) is 62.9 Å². The first-order valence-electron chi connectivity index (χ1n) is 15.5. The maximum Gasteiger partial charge on any atom is 0.246 e. The van der Waals surface area contributed by atoms with Crippen molar-refractivity contribution in [3.63, 3.8) is 0 Å². The Morgan fingerprint density at radius 3 is 2.47 bits per heavy atom. The number of unbranched alkanes of at least 4 members (excludes halogenated alkanes) is 1. The molecule has 0 aliphatic carbocycles. The first kappa shape index (κ1) is 35.0. The highest BCUT2D eigenvalue weighted by atomic mass is 32.2. The summed E-state index contributed by atoms with van der Waals surface area (Å²) in [5.74, 6) is 0.0641. The van der Waals surface area contributed by atoms with E-state index < -0.39 is 15.5 Å². The van der Waals surface area contributed by atoms with E-state index in [0.29, 0.717) is 25.2 Å². The van der Waals surface area contributed by atoms with Gasteiger partial charge < -0.3 is 24.7 Å². The number of allylic oxidation sites excluding steroid dienone is 6. The molecule has 252 valence electrons. The lowest BCUT2D eigenvalue weighted by atomic mass is 9.81. The Labute approximate surface area is 280 Å². The highest BCUT2D eigenvalue weighted by Gasteiger charge is 2.45. The van der Waals surface area contributed by atoms with Gasteiger partial charge in [-0.2, -0.15) is 8.91 Å². The van der Waals surface area contributed by atoms with Crippen LogP contribution in [0.1, 0.15) is 58.1 Å². The number of hydrogen-bond acceptors (Lipinski definition) is 10. The maximum atomic E-state index is 12.0. The van der Waals surface area contributed by atoms with Crippen LogP contribution in [0, 0.1) is 0 Å². The topological polar surface area (TPSA) is 145 Å². The second-order valence-electron chi connectivity index (χ2n) is 12.9. The van der Waals surface area contributed by atoms with Crippen molar-refractivity contribution < 1.29 is 42.1 Å². The Kier molecular flexibility index (Phi) is 10.2. The molecule has 0 bridgehead atoms. The van der Waals surface area contributed by atoms with E-state index in [2.05, 4.69) is 52.6 Å². The van der Waals surface area contributed by atoms with Gasteiger partial charge in [-0.15, -0.1) is 0 Å². The van der Waals surface area contributed by atoms with Crippen molar-refractivity contribution in [3.8, 4) is 0 Å². The van der Waals surface area contributed by atoms with Crippen LogP contribution in [-0.4, -0.2) is 72.0 Å². The monoisotopic (exact) mass is 682 g/mol. The van der Waals surface area contributed by atoms with E-state index in [1.165, 1.54) is 12.1 Å². The van der Waals surface area contributed by atoms with Gasteiger partial charge in [-0.25, -0.2) is 8.42 Å². The molecule has 3 aliphatic heterocycles. The zero-order valence-corrected chi connectivity index (χ0v) is 28.8. The summed E-state index contributed by atoms with van der Waals surface area (Å²) in [4.78, 5) is 16.2. The van der Waals surface area contributed by atoms with Gasteiger partial charge in [0, 0.05) is 52.5 Å². The molecule has 1 unspecified atom stereocenters. The predicted molar refractivity (Wildman–Crippen MR) is 176 cm³/mol. The minimum atomic E-state index is -4.64. The molecule has 1 fully saturated rings. The van der Waals surface area contributed by atoms with Crippen LogP contribution in [-0.2, 0) is 35.1 Å². The zero-order chi connectivity index (χ0) is 34.1. The molecular formula is C34H40N3O8S2-. The Morgan fingerprint density at radius 1 is 1.02 bits per heavy atom. The van der Waals surface area contributed by atoms with Crippen molar-refractivity contribution in [1.82, 2.24) is 4.90 Å². The van der Waals surface area contributed by atoms with Crippen LogP contribution in [0.3, 0.4) is 0 Å². The molecule has 5 rings (SSSR count). The molecule has 13 heteroatoms. The molecule has 1 N–H and O–H groups in total. The number of fused-ring (bicyclic) bond motifs is 2. The van der Waals surface area contributed by atoms with Crippen molar-refractivity contribution in [2.45, 2.75) is 73.6 Å². The third-order valence-electron chi connectivity index (χ3n) is 9.37. The Bertz CT molecular complexity index is 1780. The minimum Gasteiger partial charge on any atom is -0.744 e. The molecule has 3 heterocycles. The molecule has 0 radical (unpaired) electrons. The summed E-state index contributed by atoms with van der Waals surface area (Å²) in [7, 11) is -2.64. The lowest BCUT2D eigenvalue weighted by Crippen LogP contribution is -2.27. The van der Waals surface area contributed by atoms with Gasteiger partial charge in [0.1, 0.15) is 23.2 Å². The molecule has 2 aromatic rings. The predicted octanol–water partition coefficient (Wildman–Crippen LogP) is 3.99. The van der Waals surface area contributed by atoms with Crippen LogP contribution in [0.4, 0.5) is 11.4 Å². The number of benzene rings is 2. The number of carbonyl (C=O) groups excluding carboxylic acids is 1. The normalized spacial score (nSPS) is 20.7. The zero-order valence-electron chi connectivity index (χ0n) is 27.1. The van der Waals surface area contributed by atoms with Gasteiger partial charge in [-0.3, -0.25) is 9.83 Å². The van der Waals surface area contributed by atoms with Gasteiger partial charge in [0.05, 0.1) is 29.0 Å². The fourth-order valence-corrected chi connectivity index (χ4v) is 7.75. The number of aliphatic hydroxyl groups is 1. The van der Waals surface area contributed by atoms with Crippen molar-refractivity contribution >= 4 is 45.2 Å². The number of amides is 1. The molecule has 2 aromatic carbocycles. The van der Waals surface area contributed by atoms with E-state index in [1.54, 1.807) is 11.0 Å². The van der Waals surface area contributed by atoms with E-state index in [4.69, 9.17) is 5.11 Å². The smallest absolute Gasteiger partial charge is 0.246 e. The Morgan fingerprint density at radius 2 is 1.77 bits per heavy atom. The molecule has 1 saturated heterocycles. The Hall–Kier alpha value is -3.30. The quantitative estimate of drug-likeness (QED) is 0.0454. The number of β-amino-alcohol motifs (C(OH)–C–C–N with tert-alkyl or cyclic N) is 1. The molecule has 0 aromatic heterocycles. The minimum absolute atomic E-state index is 0.0539. The molecule has 47 heavy (non-hydrogen) atoms. The third-order valence-corrected chi connectivity index (χ3v) is 10.8. The fourth-order valence-electron chi connectivity index (χ4n) is 6.87. The van der Waals surface area contributed by atoms with Crippen LogP contribution in [0.15, 0.2) is 82.3 Å². The fraction of sp³-hybridized carbons (Fsp3) is 0.412. The first-order valence-corrected chi connectivity index (χ1v) is 17.6. The lowest BCUT2D eigenvalue weighted by Gasteiger charge is -2.27. The van der Waals surface area contributed by atoms with E-state index in [0.717, 1.165) is 58.0 Å². The van der Waals surface area contributed by atoms with Crippen LogP contribution in [0.25, 0.3) is 0 Å². The van der Waals surface area contributed by atoms with Crippen molar-refractivity contribution in [2.24, 2.45) is 0 Å². The van der Waals surface area contributed by atoms with E-state index in [1.807, 2.05) is 49.6 Å². The maximum absolute atomic E-state index is 12.0. The van der Waals surface area contributed by atoms with Crippen molar-refractivity contribution in [3.05, 3.63) is 83.6 Å². The molecule has 1 atom stereocenters. The standard InChI is InChI=1S/C34H41N3O8S2/c1-33(2)25-16-14-23(46-45-44-40)21-28(25)35(5)30(33)12-7-6-8-13-31-34(3,4)26-17-15-24(47(41,42)43)22-29(26)36(31)18-10-9-11-27-32(39)37(27)19-20-38/h6-8,12-17,21-22,27,38H,9-11,18-20H2,1-5H3,(H-,40,41,42,43)/p-1. The summed E-state index contributed by atoms with van der Waals surface area (Å²) in [5, 5.41) is 22.9. The molecule has 0 saturated carbocycles. The highest BCUT2D eigenvalue weighted by Crippen LogP contribution is 2.48. The van der Waals surface area contributed by atoms with Gasteiger partial charge in [0.25, 0.3) is 0 Å². The van der Waals surface area contributed by atoms with Crippen LogP contribution in [0.2, 0.25) is 0 Å². The van der Waals surface area contributed by atoms with Crippen LogP contribution in [0.5, 0.6) is 0 Å². The van der Waals surface area contributed by atoms with Gasteiger partial charge in [-0.1, -0.05) is 44.2 Å². The average molecular weight is 683 g/mol. The lowest BCUT2D eigenvalue weighted by molar-refractivity contribution is -0.777. The summed E-state index contributed by atoms with van der Waals surface area (Å²) in [6.45, 7) is 9.34. The Balaban J connectivity index is 1.36. The van der Waals surface area contributed by atoms with Gasteiger partial charge in [0.15, 0.2) is 5.71 Å². The third kappa shape index (κ3) is 6.98. The molecule has 0 spiro atoms. The number of rotatable bonds is 14. The summed E-state index contributed by atoms with van der Waals surface area (Å²) in [5.41, 5.74) is 5.10. The van der Waals surface area contributed by atoms with Crippen LogP contribution >= 0.6 is 12.0 Å². The average Bonchev–Trinajstić information content (AvgIpc) is 3.50. The number of nitrogens with zero attached hydrogens (tertiary/aromatic N) is 3. The SMILES string of the molecule is C[N+]1=C(C=CC=CC=C2N(CCCCC3C(=O)N3CCO)c3cc(S(=O)(=O)[O-])ccc3C2(C)C)C(C)(C)c2ccc(SOO[O-])cc21. The molecular weight excluding hydrogens is 643 g/mol. The first-order chi connectivity index (χ1) is 22.2. The van der Waals surface area contributed by atoms with Crippen LogP contribution < -0.4 is 10.2 Å². The van der Waals surface area contributed by atoms with E-state index in [9.17, 15) is 23.0 Å². The van der Waals surface area contributed by atoms with E-state index >= 15 is 0 Å². The molecule has 3 aliphatic rings. The largest absolute Gasteiger partial charge is 0.744 e. The summed E-state index contributed by atoms with van der Waals surface area (Å²) < 4.78 is 42.3. The van der Waals surface area contributed by atoms with E-state index in [-0.39, 0.29) is 28.9 Å².